The van der Waals surface area contributed by atoms with Crippen molar-refractivity contribution in [2.75, 3.05) is 5.32 Å². The lowest BCUT2D eigenvalue weighted by atomic mass is 10.1. The van der Waals surface area contributed by atoms with E-state index in [4.69, 9.17) is 11.6 Å². The van der Waals surface area contributed by atoms with Crippen molar-refractivity contribution in [1.29, 1.82) is 0 Å². The lowest BCUT2D eigenvalue weighted by Gasteiger charge is -2.05. The van der Waals surface area contributed by atoms with E-state index in [-0.39, 0.29) is 11.0 Å². The fourth-order valence-electron chi connectivity index (χ4n) is 1.44. The Kier molecular flexibility index (Phi) is 4.03. The van der Waals surface area contributed by atoms with Crippen LogP contribution in [0.4, 0.5) is 20.3 Å². The second-order valence-electron chi connectivity index (χ2n) is 3.72. The Hall–Kier alpha value is -2.68. The number of benzene rings is 1. The Labute approximate surface area is 120 Å². The van der Waals surface area contributed by atoms with Gasteiger partial charge in [-0.15, -0.1) is 0 Å². The van der Waals surface area contributed by atoms with Crippen LogP contribution in [0.3, 0.4) is 0 Å². The molecule has 0 spiro atoms. The average Bonchev–Trinajstić information content (AvgIpc) is 2.40. The lowest BCUT2D eigenvalue weighted by molar-refractivity contribution is -0.387. The Morgan fingerprint density at radius 1 is 1.24 bits per heavy atom. The smallest absolute Gasteiger partial charge is 0.306 e. The van der Waals surface area contributed by atoms with E-state index in [0.717, 1.165) is 6.33 Å². The molecule has 0 unspecified atom stereocenters. The molecule has 0 saturated carbocycles. The molecular formula is C11H5ClF2N4O3. The first-order valence-electron chi connectivity index (χ1n) is 5.31. The van der Waals surface area contributed by atoms with E-state index in [2.05, 4.69) is 15.3 Å². The van der Waals surface area contributed by atoms with Crippen LogP contribution in [-0.4, -0.2) is 20.8 Å². The van der Waals surface area contributed by atoms with Crippen LogP contribution in [0.5, 0.6) is 0 Å². The molecule has 0 bridgehead atoms. The average molecular weight is 315 g/mol. The van der Waals surface area contributed by atoms with Crippen molar-refractivity contribution in [3.8, 4) is 0 Å². The quantitative estimate of drug-likeness (QED) is 0.533. The second kappa shape index (κ2) is 5.75. The molecule has 7 nitrogen and oxygen atoms in total. The van der Waals surface area contributed by atoms with Gasteiger partial charge in [0.1, 0.15) is 23.1 Å². The summed E-state index contributed by atoms with van der Waals surface area (Å²) in [5, 5.41) is 12.7. The molecule has 1 heterocycles. The zero-order valence-corrected chi connectivity index (χ0v) is 10.8. The van der Waals surface area contributed by atoms with Gasteiger partial charge >= 0.3 is 5.69 Å². The summed E-state index contributed by atoms with van der Waals surface area (Å²) in [6, 6.07) is 1.96. The number of hydrogen-bond donors (Lipinski definition) is 1. The van der Waals surface area contributed by atoms with Gasteiger partial charge in [0.2, 0.25) is 5.82 Å². The van der Waals surface area contributed by atoms with Crippen LogP contribution in [-0.2, 0) is 0 Å². The van der Waals surface area contributed by atoms with Gasteiger partial charge in [-0.2, -0.15) is 4.39 Å². The summed E-state index contributed by atoms with van der Waals surface area (Å²) in [4.78, 5) is 28.4. The van der Waals surface area contributed by atoms with E-state index < -0.39 is 33.7 Å². The number of aromatic nitrogens is 2. The van der Waals surface area contributed by atoms with Gasteiger partial charge in [0.25, 0.3) is 5.91 Å². The van der Waals surface area contributed by atoms with Gasteiger partial charge in [0.15, 0.2) is 0 Å². The van der Waals surface area contributed by atoms with Crippen molar-refractivity contribution < 1.29 is 18.5 Å². The van der Waals surface area contributed by atoms with Gasteiger partial charge in [-0.25, -0.2) is 14.4 Å². The van der Waals surface area contributed by atoms with Crippen LogP contribution in [0, 0.1) is 21.7 Å². The van der Waals surface area contributed by atoms with Crippen molar-refractivity contribution in [2.45, 2.75) is 0 Å². The van der Waals surface area contributed by atoms with Crippen LogP contribution in [0.1, 0.15) is 10.4 Å². The molecule has 0 saturated heterocycles. The summed E-state index contributed by atoms with van der Waals surface area (Å²) in [7, 11) is 0. The summed E-state index contributed by atoms with van der Waals surface area (Å²) in [5.74, 6) is -3.62. The number of nitro groups is 1. The SMILES string of the molecule is O=C(Nc1cc(Cl)ncn1)c1cc(F)c([N+](=O)[O-])cc1F. The van der Waals surface area contributed by atoms with Gasteiger partial charge in [-0.05, 0) is 6.07 Å². The number of nitro benzene ring substituents is 1. The molecule has 0 aliphatic heterocycles. The monoisotopic (exact) mass is 314 g/mol. The number of amides is 1. The lowest BCUT2D eigenvalue weighted by Crippen LogP contribution is -2.15. The van der Waals surface area contributed by atoms with Crippen LogP contribution in [0.15, 0.2) is 24.5 Å². The summed E-state index contributed by atoms with van der Waals surface area (Å²) in [5.41, 5.74) is -1.76. The molecule has 0 aliphatic carbocycles. The molecule has 1 aromatic carbocycles. The Morgan fingerprint density at radius 2 is 1.95 bits per heavy atom. The van der Waals surface area contributed by atoms with E-state index in [1.165, 1.54) is 6.07 Å². The maximum Gasteiger partial charge on any atom is 0.307 e. The van der Waals surface area contributed by atoms with E-state index in [1.807, 2.05) is 0 Å². The molecule has 0 radical (unpaired) electrons. The highest BCUT2D eigenvalue weighted by atomic mass is 35.5. The highest BCUT2D eigenvalue weighted by molar-refractivity contribution is 6.29. The normalized spacial score (nSPS) is 10.2. The molecule has 0 aliphatic rings. The van der Waals surface area contributed by atoms with Crippen molar-refractivity contribution in [2.24, 2.45) is 0 Å². The molecule has 21 heavy (non-hydrogen) atoms. The summed E-state index contributed by atoms with van der Waals surface area (Å²) < 4.78 is 27.0. The maximum absolute atomic E-state index is 13.6. The van der Waals surface area contributed by atoms with Gasteiger partial charge < -0.3 is 5.32 Å². The van der Waals surface area contributed by atoms with E-state index in [1.54, 1.807) is 0 Å². The topological polar surface area (TPSA) is 98.0 Å². The van der Waals surface area contributed by atoms with Gasteiger partial charge in [-0.3, -0.25) is 14.9 Å². The number of carbonyl (C=O) groups excluding carboxylic acids is 1. The van der Waals surface area contributed by atoms with E-state index in [9.17, 15) is 23.7 Å². The second-order valence-corrected chi connectivity index (χ2v) is 4.11. The molecule has 10 heteroatoms. The van der Waals surface area contributed by atoms with E-state index in [0.29, 0.717) is 12.1 Å². The largest absolute Gasteiger partial charge is 0.307 e. The molecule has 0 atom stereocenters. The van der Waals surface area contributed by atoms with Gasteiger partial charge in [0, 0.05) is 6.07 Å². The molecule has 2 aromatic rings. The third-order valence-corrected chi connectivity index (χ3v) is 2.56. The predicted octanol–water partition coefficient (Wildman–Crippen LogP) is 2.57. The zero-order chi connectivity index (χ0) is 15.6. The predicted molar refractivity (Wildman–Crippen MR) is 68.0 cm³/mol. The van der Waals surface area contributed by atoms with Crippen molar-refractivity contribution >= 4 is 29.0 Å². The Balaban J connectivity index is 2.31. The summed E-state index contributed by atoms with van der Waals surface area (Å²) in [6.07, 6.45) is 1.06. The Bertz CT molecular complexity index is 741. The minimum Gasteiger partial charge on any atom is -0.306 e. The highest BCUT2D eigenvalue weighted by Gasteiger charge is 2.22. The minimum absolute atomic E-state index is 0.0295. The number of anilines is 1. The summed E-state index contributed by atoms with van der Waals surface area (Å²) >= 11 is 5.57. The molecule has 1 aromatic heterocycles. The minimum atomic E-state index is -1.33. The van der Waals surface area contributed by atoms with Gasteiger partial charge in [-0.1, -0.05) is 11.6 Å². The third kappa shape index (κ3) is 3.26. The number of hydrogen-bond acceptors (Lipinski definition) is 5. The zero-order valence-electron chi connectivity index (χ0n) is 10.0. The van der Waals surface area contributed by atoms with Gasteiger partial charge in [0.05, 0.1) is 16.6 Å². The summed E-state index contributed by atoms with van der Waals surface area (Å²) in [6.45, 7) is 0. The van der Waals surface area contributed by atoms with Crippen molar-refractivity contribution in [3.05, 3.63) is 57.0 Å². The first-order chi connectivity index (χ1) is 9.88. The van der Waals surface area contributed by atoms with Crippen molar-refractivity contribution in [3.63, 3.8) is 0 Å². The first kappa shape index (κ1) is 14.7. The number of carbonyl (C=O) groups is 1. The molecule has 0 fully saturated rings. The highest BCUT2D eigenvalue weighted by Crippen LogP contribution is 2.22. The number of halogens is 3. The van der Waals surface area contributed by atoms with Crippen LogP contribution >= 0.6 is 11.6 Å². The number of rotatable bonds is 3. The Morgan fingerprint density at radius 3 is 2.57 bits per heavy atom. The maximum atomic E-state index is 13.6. The standard InChI is InChI=1S/C11H5ClF2N4O3/c12-9-3-10(16-4-15-9)17-11(19)5-1-7(14)8(18(20)21)2-6(5)13/h1-4H,(H,15,16,17,19). The van der Waals surface area contributed by atoms with Crippen molar-refractivity contribution in [1.82, 2.24) is 9.97 Å². The molecule has 1 amide bonds. The molecule has 1 N–H and O–H groups in total. The third-order valence-electron chi connectivity index (χ3n) is 2.35. The van der Waals surface area contributed by atoms with Crippen LogP contribution < -0.4 is 5.32 Å². The molecular weight excluding hydrogens is 310 g/mol. The first-order valence-corrected chi connectivity index (χ1v) is 5.68. The van der Waals surface area contributed by atoms with Crippen LogP contribution in [0.25, 0.3) is 0 Å². The van der Waals surface area contributed by atoms with Crippen LogP contribution in [0.2, 0.25) is 5.15 Å². The number of nitrogens with zero attached hydrogens (tertiary/aromatic N) is 3. The fraction of sp³-hybridized carbons (Fsp3) is 0. The molecule has 2 rings (SSSR count). The fourth-order valence-corrected chi connectivity index (χ4v) is 1.58. The van der Waals surface area contributed by atoms with E-state index >= 15 is 0 Å². The number of nitrogens with one attached hydrogen (secondary N) is 1. The molecule has 108 valence electrons.